The Morgan fingerprint density at radius 3 is 1.97 bits per heavy atom. The van der Waals surface area contributed by atoms with Crippen LogP contribution in [0.5, 0.6) is 0 Å². The molecular weight excluding hydrogens is 404 g/mol. The summed E-state index contributed by atoms with van der Waals surface area (Å²) in [6.45, 7) is 18.9. The number of nitrogens with zero attached hydrogens (tertiary/aromatic N) is 1. The third kappa shape index (κ3) is 10.2. The Hall–Kier alpha value is -1.33. The first-order valence-electron chi connectivity index (χ1n) is 12.2. The van der Waals surface area contributed by atoms with E-state index in [1.54, 1.807) is 6.92 Å². The number of benzene rings is 1. The van der Waals surface area contributed by atoms with Gasteiger partial charge in [-0.3, -0.25) is 0 Å². The van der Waals surface area contributed by atoms with E-state index in [1.807, 2.05) is 25.6 Å². The molecule has 1 aromatic rings. The van der Waals surface area contributed by atoms with Gasteiger partial charge in [0, 0.05) is 24.1 Å². The fourth-order valence-corrected chi connectivity index (χ4v) is 4.82. The van der Waals surface area contributed by atoms with Gasteiger partial charge in [0.2, 0.25) is 5.88 Å². The Morgan fingerprint density at radius 1 is 1.03 bits per heavy atom. The first-order chi connectivity index (χ1) is 14.9. The molecule has 0 bridgehead atoms. The minimum absolute atomic E-state index is 0.205. The molecule has 1 unspecified atom stereocenters. The third-order valence-corrected chi connectivity index (χ3v) is 6.23. The maximum atomic E-state index is 9.61. The fraction of sp³-hybridized carbons (Fsp3) is 0.692. The third-order valence-electron chi connectivity index (χ3n) is 5.05. The highest BCUT2D eigenvalue weighted by Gasteiger charge is 2.22. The Bertz CT molecular complexity index is 604. The van der Waals surface area contributed by atoms with E-state index in [2.05, 4.69) is 57.7 Å². The molecule has 180 valence electrons. The lowest BCUT2D eigenvalue weighted by Crippen LogP contribution is -2.33. The number of hydrogen-bond donors (Lipinski definition) is 2. The minimum Gasteiger partial charge on any atom is -0.475 e. The van der Waals surface area contributed by atoms with Crippen LogP contribution in [0.2, 0.25) is 0 Å². The highest BCUT2D eigenvalue weighted by atomic mass is 32.2. The largest absolute Gasteiger partial charge is 0.475 e. The van der Waals surface area contributed by atoms with Crippen molar-refractivity contribution < 1.29 is 9.84 Å². The van der Waals surface area contributed by atoms with Gasteiger partial charge < -0.3 is 20.5 Å². The fourth-order valence-electron chi connectivity index (χ4n) is 3.61. The van der Waals surface area contributed by atoms with Crippen molar-refractivity contribution in [2.45, 2.75) is 98.2 Å². The quantitative estimate of drug-likeness (QED) is 0.334. The molecule has 5 heteroatoms. The maximum absolute atomic E-state index is 9.61. The molecule has 0 spiro atoms. The minimum atomic E-state index is -0.535. The molecule has 0 aliphatic carbocycles. The number of aliphatic hydroxyl groups is 1. The zero-order valence-corrected chi connectivity index (χ0v) is 22.1. The van der Waals surface area contributed by atoms with Gasteiger partial charge in [0.05, 0.1) is 11.8 Å². The molecule has 1 aromatic carbocycles. The number of aryl methyl sites for hydroxylation is 2. The van der Waals surface area contributed by atoms with Crippen molar-refractivity contribution in [3.8, 4) is 0 Å². The zero-order valence-electron chi connectivity index (χ0n) is 21.3. The molecule has 2 atom stereocenters. The van der Waals surface area contributed by atoms with E-state index >= 15 is 0 Å². The summed E-state index contributed by atoms with van der Waals surface area (Å²) < 4.78 is 5.75. The van der Waals surface area contributed by atoms with Gasteiger partial charge in [-0.05, 0) is 56.2 Å². The average molecular weight is 453 g/mol. The van der Waals surface area contributed by atoms with Crippen molar-refractivity contribution in [1.29, 1.82) is 0 Å². The number of rotatable bonds is 14. The van der Waals surface area contributed by atoms with Gasteiger partial charge in [-0.15, -0.1) is 11.8 Å². The lowest BCUT2D eigenvalue weighted by molar-refractivity contribution is 0.0775. The van der Waals surface area contributed by atoms with Crippen molar-refractivity contribution in [2.75, 3.05) is 19.7 Å². The second kappa shape index (κ2) is 17.3. The SMILES string of the molecule is CC.CCCN(CCC)/C(=C(/N)OC[C@@H](C)O)C(C)SCc1c(CC)cccc1CC. The van der Waals surface area contributed by atoms with Crippen LogP contribution < -0.4 is 5.73 Å². The van der Waals surface area contributed by atoms with Gasteiger partial charge in [0.1, 0.15) is 6.61 Å². The van der Waals surface area contributed by atoms with Crippen molar-refractivity contribution in [3.05, 3.63) is 46.5 Å². The molecule has 31 heavy (non-hydrogen) atoms. The predicted octanol–water partition coefficient (Wildman–Crippen LogP) is 6.11. The van der Waals surface area contributed by atoms with Crippen molar-refractivity contribution >= 4 is 11.8 Å². The van der Waals surface area contributed by atoms with Crippen LogP contribution in [0.1, 0.15) is 84.9 Å². The molecule has 3 N–H and O–H groups in total. The first kappa shape index (κ1) is 29.7. The topological polar surface area (TPSA) is 58.7 Å². The van der Waals surface area contributed by atoms with Gasteiger partial charge in [0.25, 0.3) is 0 Å². The van der Waals surface area contributed by atoms with Crippen LogP contribution in [-0.2, 0) is 23.3 Å². The number of aliphatic hydroxyl groups excluding tert-OH is 1. The Morgan fingerprint density at radius 2 is 1.55 bits per heavy atom. The standard InChI is InChI=1S/C24H42N2O2S.C2H6/c1-7-14-26(15-8-2)23(24(25)28-16-18(5)27)19(6)29-17-22-20(9-3)12-11-13-21(22)10-4;1-2/h11-13,18-19,27H,7-10,14-17,25H2,1-6H3;1-2H3/b24-23-;/t18-,19?;/m1./s1. The molecule has 0 radical (unpaired) electrons. The van der Waals surface area contributed by atoms with E-state index in [0.717, 1.165) is 50.2 Å². The van der Waals surface area contributed by atoms with E-state index in [9.17, 15) is 5.11 Å². The molecule has 0 saturated heterocycles. The van der Waals surface area contributed by atoms with Crippen LogP contribution in [0, 0.1) is 0 Å². The second-order valence-corrected chi connectivity index (χ2v) is 8.94. The number of thioether (sulfide) groups is 1. The van der Waals surface area contributed by atoms with Crippen LogP contribution in [0.25, 0.3) is 0 Å². The highest BCUT2D eigenvalue weighted by Crippen LogP contribution is 2.30. The monoisotopic (exact) mass is 452 g/mol. The number of hydrogen-bond acceptors (Lipinski definition) is 5. The predicted molar refractivity (Wildman–Crippen MR) is 138 cm³/mol. The number of nitrogens with two attached hydrogens (primary N) is 1. The lowest BCUT2D eigenvalue weighted by atomic mass is 9.99. The molecule has 0 aliphatic rings. The smallest absolute Gasteiger partial charge is 0.205 e. The Labute approximate surface area is 196 Å². The molecule has 1 rings (SSSR count). The molecule has 0 heterocycles. The van der Waals surface area contributed by atoms with Crippen LogP contribution in [0.4, 0.5) is 0 Å². The summed E-state index contributed by atoms with van der Waals surface area (Å²) in [7, 11) is 0. The Balaban J connectivity index is 0.00000436. The summed E-state index contributed by atoms with van der Waals surface area (Å²) in [5.41, 5.74) is 11.8. The average Bonchev–Trinajstić information content (AvgIpc) is 2.77. The van der Waals surface area contributed by atoms with Gasteiger partial charge in [0.15, 0.2) is 0 Å². The molecular formula is C26H48N2O2S. The van der Waals surface area contributed by atoms with Gasteiger partial charge in [-0.1, -0.05) is 59.7 Å². The first-order valence-corrected chi connectivity index (χ1v) is 13.2. The van der Waals surface area contributed by atoms with E-state index in [0.29, 0.717) is 5.88 Å². The van der Waals surface area contributed by atoms with Gasteiger partial charge in [-0.25, -0.2) is 0 Å². The summed E-state index contributed by atoms with van der Waals surface area (Å²) in [5, 5.41) is 9.82. The molecule has 0 fully saturated rings. The molecule has 4 nitrogen and oxygen atoms in total. The summed E-state index contributed by atoms with van der Waals surface area (Å²) in [6.07, 6.45) is 3.69. The molecule has 0 aliphatic heterocycles. The van der Waals surface area contributed by atoms with Crippen LogP contribution in [-0.4, -0.2) is 41.1 Å². The lowest BCUT2D eigenvalue weighted by Gasteiger charge is -2.32. The Kier molecular flexibility index (Phi) is 16.5. The molecule has 0 amide bonds. The van der Waals surface area contributed by atoms with Gasteiger partial charge >= 0.3 is 0 Å². The molecule has 0 saturated carbocycles. The van der Waals surface area contributed by atoms with E-state index in [1.165, 1.54) is 16.7 Å². The van der Waals surface area contributed by atoms with Gasteiger partial charge in [-0.2, -0.15) is 0 Å². The van der Waals surface area contributed by atoms with Crippen LogP contribution >= 0.6 is 11.8 Å². The van der Waals surface area contributed by atoms with Crippen LogP contribution in [0.3, 0.4) is 0 Å². The van der Waals surface area contributed by atoms with Crippen molar-refractivity contribution in [3.63, 3.8) is 0 Å². The second-order valence-electron chi connectivity index (χ2n) is 7.61. The van der Waals surface area contributed by atoms with E-state index < -0.39 is 6.10 Å². The summed E-state index contributed by atoms with van der Waals surface area (Å²) in [5.74, 6) is 1.42. The van der Waals surface area contributed by atoms with E-state index in [4.69, 9.17) is 10.5 Å². The maximum Gasteiger partial charge on any atom is 0.205 e. The highest BCUT2D eigenvalue weighted by molar-refractivity contribution is 7.99. The van der Waals surface area contributed by atoms with Crippen LogP contribution in [0.15, 0.2) is 29.8 Å². The summed E-state index contributed by atoms with van der Waals surface area (Å²) in [6, 6.07) is 6.67. The summed E-state index contributed by atoms with van der Waals surface area (Å²) in [4.78, 5) is 2.36. The number of ether oxygens (including phenoxy) is 1. The zero-order chi connectivity index (χ0) is 23.8. The van der Waals surface area contributed by atoms with Crippen molar-refractivity contribution in [2.24, 2.45) is 5.73 Å². The summed E-state index contributed by atoms with van der Waals surface area (Å²) >= 11 is 1.92. The van der Waals surface area contributed by atoms with Crippen molar-refractivity contribution in [1.82, 2.24) is 4.90 Å². The van der Waals surface area contributed by atoms with E-state index in [-0.39, 0.29) is 11.9 Å². The normalized spacial score (nSPS) is 13.6. The molecule has 0 aromatic heterocycles.